The fraction of sp³-hybridized carbons (Fsp3) is 0.308. The third-order valence-corrected chi connectivity index (χ3v) is 3.06. The first-order valence-corrected chi connectivity index (χ1v) is 5.97. The Balaban J connectivity index is 2.66. The van der Waals surface area contributed by atoms with Crippen molar-refractivity contribution in [2.75, 3.05) is 6.54 Å². The summed E-state index contributed by atoms with van der Waals surface area (Å²) < 4.78 is 0.961. The number of carbonyl (C=O) groups excluding carboxylic acids is 1. The number of amides is 1. The van der Waals surface area contributed by atoms with Crippen molar-refractivity contribution >= 4 is 21.8 Å². The van der Waals surface area contributed by atoms with E-state index in [-0.39, 0.29) is 5.91 Å². The first-order valence-electron chi connectivity index (χ1n) is 5.18. The zero-order chi connectivity index (χ0) is 12.1. The maximum atomic E-state index is 11.7. The minimum absolute atomic E-state index is 0.0433. The highest BCUT2D eigenvalue weighted by Gasteiger charge is 2.05. The van der Waals surface area contributed by atoms with Crippen molar-refractivity contribution in [3.63, 3.8) is 0 Å². The van der Waals surface area contributed by atoms with Gasteiger partial charge in [0, 0.05) is 16.6 Å². The zero-order valence-corrected chi connectivity index (χ0v) is 11.4. The van der Waals surface area contributed by atoms with Crippen LogP contribution in [0.1, 0.15) is 29.8 Å². The Morgan fingerprint density at radius 1 is 1.44 bits per heavy atom. The Hall–Kier alpha value is -1.09. The van der Waals surface area contributed by atoms with Crippen LogP contribution in [0.4, 0.5) is 0 Å². The van der Waals surface area contributed by atoms with Crippen LogP contribution in [-0.4, -0.2) is 12.5 Å². The number of hydrogen-bond donors (Lipinski definition) is 1. The van der Waals surface area contributed by atoms with Gasteiger partial charge in [-0.2, -0.15) is 0 Å². The lowest BCUT2D eigenvalue weighted by Crippen LogP contribution is -2.23. The Bertz CT molecular complexity index is 420. The zero-order valence-electron chi connectivity index (χ0n) is 9.80. The smallest absolute Gasteiger partial charge is 0.251 e. The van der Waals surface area contributed by atoms with Gasteiger partial charge in [0.05, 0.1) is 0 Å². The molecule has 0 fully saturated rings. The van der Waals surface area contributed by atoms with Gasteiger partial charge in [-0.3, -0.25) is 4.79 Å². The van der Waals surface area contributed by atoms with Gasteiger partial charge in [-0.25, -0.2) is 0 Å². The first-order chi connectivity index (χ1) is 7.50. The van der Waals surface area contributed by atoms with Crippen molar-refractivity contribution in [3.05, 3.63) is 45.4 Å². The van der Waals surface area contributed by atoms with Gasteiger partial charge in [-0.1, -0.05) is 33.6 Å². The highest BCUT2D eigenvalue weighted by atomic mass is 79.9. The molecule has 0 atom stereocenters. The van der Waals surface area contributed by atoms with Crippen LogP contribution in [0, 0.1) is 6.92 Å². The van der Waals surface area contributed by atoms with Gasteiger partial charge in [-0.15, -0.1) is 0 Å². The number of rotatable bonds is 3. The van der Waals surface area contributed by atoms with Crippen molar-refractivity contribution in [1.29, 1.82) is 0 Å². The Morgan fingerprint density at radius 3 is 2.69 bits per heavy atom. The van der Waals surface area contributed by atoms with Crippen molar-refractivity contribution in [3.8, 4) is 0 Å². The molecule has 0 aliphatic carbocycles. The molecule has 0 aromatic heterocycles. The third kappa shape index (κ3) is 3.81. The average Bonchev–Trinajstić information content (AvgIpc) is 2.21. The topological polar surface area (TPSA) is 29.1 Å². The van der Waals surface area contributed by atoms with Crippen LogP contribution in [0.2, 0.25) is 0 Å². The second-order valence-electron chi connectivity index (χ2n) is 3.96. The van der Waals surface area contributed by atoms with Gasteiger partial charge in [0.25, 0.3) is 5.91 Å². The van der Waals surface area contributed by atoms with Crippen LogP contribution in [0.15, 0.2) is 34.3 Å². The fourth-order valence-electron chi connectivity index (χ4n) is 1.18. The van der Waals surface area contributed by atoms with Crippen LogP contribution >= 0.6 is 15.9 Å². The largest absolute Gasteiger partial charge is 0.349 e. The molecule has 2 nitrogen and oxygen atoms in total. The number of allylic oxidation sites excluding steroid dienone is 1. The second kappa shape index (κ2) is 5.85. The molecule has 0 unspecified atom stereocenters. The molecule has 0 aliphatic rings. The van der Waals surface area contributed by atoms with E-state index in [1.54, 1.807) is 0 Å². The summed E-state index contributed by atoms with van der Waals surface area (Å²) in [6.45, 7) is 6.59. The quantitative estimate of drug-likeness (QED) is 0.845. The highest BCUT2D eigenvalue weighted by molar-refractivity contribution is 9.10. The summed E-state index contributed by atoms with van der Waals surface area (Å²) in [5.41, 5.74) is 3.01. The van der Waals surface area contributed by atoms with Gasteiger partial charge in [0.2, 0.25) is 0 Å². The number of aryl methyl sites for hydroxylation is 1. The summed E-state index contributed by atoms with van der Waals surface area (Å²) in [5, 5.41) is 2.84. The first kappa shape index (κ1) is 13.0. The Kier molecular flexibility index (Phi) is 4.74. The predicted molar refractivity (Wildman–Crippen MR) is 70.6 cm³/mol. The van der Waals surface area contributed by atoms with Gasteiger partial charge in [0.15, 0.2) is 0 Å². The number of benzene rings is 1. The molecular weight excluding hydrogens is 266 g/mol. The van der Waals surface area contributed by atoms with Crippen LogP contribution in [0.25, 0.3) is 0 Å². The van der Waals surface area contributed by atoms with E-state index in [9.17, 15) is 4.79 Å². The van der Waals surface area contributed by atoms with Gasteiger partial charge < -0.3 is 5.32 Å². The van der Waals surface area contributed by atoms with E-state index in [0.717, 1.165) is 10.0 Å². The number of nitrogens with one attached hydrogen (secondary N) is 1. The molecule has 0 bridgehead atoms. The summed E-state index contributed by atoms with van der Waals surface area (Å²) in [6, 6.07) is 5.60. The molecule has 86 valence electrons. The Labute approximate surface area is 105 Å². The molecule has 0 heterocycles. The molecule has 0 radical (unpaired) electrons. The second-order valence-corrected chi connectivity index (χ2v) is 4.81. The molecule has 1 aromatic rings. The minimum atomic E-state index is -0.0433. The number of carbonyl (C=O) groups is 1. The molecule has 1 N–H and O–H groups in total. The molecule has 1 aromatic carbocycles. The van der Waals surface area contributed by atoms with Crippen molar-refractivity contribution in [1.82, 2.24) is 5.32 Å². The van der Waals surface area contributed by atoms with E-state index in [1.165, 1.54) is 5.57 Å². The third-order valence-electron chi connectivity index (χ3n) is 2.21. The molecule has 0 saturated carbocycles. The van der Waals surface area contributed by atoms with E-state index in [2.05, 4.69) is 21.2 Å². The summed E-state index contributed by atoms with van der Waals surface area (Å²) in [5.74, 6) is -0.0433. The summed E-state index contributed by atoms with van der Waals surface area (Å²) in [6.07, 6.45) is 1.99. The van der Waals surface area contributed by atoms with E-state index in [4.69, 9.17) is 0 Å². The molecule has 1 amide bonds. The van der Waals surface area contributed by atoms with E-state index in [0.29, 0.717) is 12.1 Å². The summed E-state index contributed by atoms with van der Waals surface area (Å²) in [4.78, 5) is 11.7. The lowest BCUT2D eigenvalue weighted by atomic mass is 10.1. The molecular formula is C13H16BrNO. The maximum Gasteiger partial charge on any atom is 0.251 e. The van der Waals surface area contributed by atoms with Crippen LogP contribution in [0.3, 0.4) is 0 Å². The average molecular weight is 282 g/mol. The summed E-state index contributed by atoms with van der Waals surface area (Å²) >= 11 is 3.41. The maximum absolute atomic E-state index is 11.7. The molecule has 3 heteroatoms. The van der Waals surface area contributed by atoms with Crippen molar-refractivity contribution in [2.24, 2.45) is 0 Å². The highest BCUT2D eigenvalue weighted by Crippen LogP contribution is 2.17. The number of hydrogen-bond acceptors (Lipinski definition) is 1. The van der Waals surface area contributed by atoms with Crippen LogP contribution < -0.4 is 5.32 Å². The van der Waals surface area contributed by atoms with Gasteiger partial charge >= 0.3 is 0 Å². The standard InChI is InChI=1S/C13H16BrNO/c1-9(2)6-7-15-13(16)11-5-4-10(3)12(14)8-11/h4-6,8H,7H2,1-3H3,(H,15,16). The molecule has 0 spiro atoms. The minimum Gasteiger partial charge on any atom is -0.349 e. The monoisotopic (exact) mass is 281 g/mol. The number of halogens is 1. The molecule has 0 aliphatic heterocycles. The predicted octanol–water partition coefficient (Wildman–Crippen LogP) is 3.45. The lowest BCUT2D eigenvalue weighted by Gasteiger charge is -2.04. The fourth-order valence-corrected chi connectivity index (χ4v) is 1.56. The van der Waals surface area contributed by atoms with Gasteiger partial charge in [-0.05, 0) is 38.5 Å². The van der Waals surface area contributed by atoms with E-state index >= 15 is 0 Å². The lowest BCUT2D eigenvalue weighted by molar-refractivity contribution is 0.0958. The molecule has 16 heavy (non-hydrogen) atoms. The van der Waals surface area contributed by atoms with Crippen LogP contribution in [-0.2, 0) is 0 Å². The van der Waals surface area contributed by atoms with E-state index < -0.39 is 0 Å². The molecule has 1 rings (SSSR count). The Morgan fingerprint density at radius 2 is 2.12 bits per heavy atom. The summed E-state index contributed by atoms with van der Waals surface area (Å²) in [7, 11) is 0. The van der Waals surface area contributed by atoms with Crippen LogP contribution in [0.5, 0.6) is 0 Å². The SMILES string of the molecule is CC(C)=CCNC(=O)c1ccc(C)c(Br)c1. The van der Waals surface area contributed by atoms with E-state index in [1.807, 2.05) is 45.0 Å². The normalized spacial score (nSPS) is 9.75. The van der Waals surface area contributed by atoms with Crippen molar-refractivity contribution < 1.29 is 4.79 Å². The van der Waals surface area contributed by atoms with Crippen molar-refractivity contribution in [2.45, 2.75) is 20.8 Å². The van der Waals surface area contributed by atoms with Gasteiger partial charge in [0.1, 0.15) is 0 Å². The molecule has 0 saturated heterocycles.